The topological polar surface area (TPSA) is 106 Å². The molecule has 40 heavy (non-hydrogen) atoms. The van der Waals surface area contributed by atoms with E-state index in [1.54, 1.807) is 6.92 Å². The van der Waals surface area contributed by atoms with Crippen molar-refractivity contribution >= 4 is 12.1 Å². The van der Waals surface area contributed by atoms with Crippen LogP contribution in [0.5, 0.6) is 0 Å². The standard InChI is InChI=1S/C33H52O7/c1-7-38-27(37)39-18-33(19-40-33)21-10-15-32(26(35)36)17-16-30(5)20(25(21)32)8-9-23-29(4)13-12-24(34)28(2,3)22(29)11-14-31(23,30)6/h20-25,34H,7-19H2,1-6H3,(H,35,36)/t20?,21-,22+,23-,24-,25-,29+,30-,31-,32+,33?/m1/s1. The van der Waals surface area contributed by atoms with Gasteiger partial charge in [-0.2, -0.15) is 0 Å². The van der Waals surface area contributed by atoms with Gasteiger partial charge in [-0.25, -0.2) is 4.79 Å². The van der Waals surface area contributed by atoms with Crippen molar-refractivity contribution in [3.63, 3.8) is 0 Å². The second kappa shape index (κ2) is 9.08. The van der Waals surface area contributed by atoms with Gasteiger partial charge in [-0.1, -0.05) is 34.6 Å². The van der Waals surface area contributed by atoms with Crippen LogP contribution in [0.2, 0.25) is 0 Å². The number of hydrogen-bond donors (Lipinski definition) is 2. The third-order valence-corrected chi connectivity index (χ3v) is 14.7. The van der Waals surface area contributed by atoms with Gasteiger partial charge in [0.2, 0.25) is 0 Å². The molecule has 11 atom stereocenters. The summed E-state index contributed by atoms with van der Waals surface area (Å²) in [6, 6.07) is 0. The summed E-state index contributed by atoms with van der Waals surface area (Å²) in [6.07, 6.45) is 8.66. The molecule has 226 valence electrons. The molecule has 1 aliphatic heterocycles. The fourth-order valence-electron chi connectivity index (χ4n) is 12.4. The van der Waals surface area contributed by atoms with E-state index in [2.05, 4.69) is 34.6 Å². The van der Waals surface area contributed by atoms with Crippen LogP contribution < -0.4 is 0 Å². The maximum atomic E-state index is 13.1. The van der Waals surface area contributed by atoms with Crippen molar-refractivity contribution in [3.8, 4) is 0 Å². The van der Waals surface area contributed by atoms with Crippen LogP contribution in [0.25, 0.3) is 0 Å². The number of aliphatic hydroxyl groups is 1. The second-order valence-corrected chi connectivity index (χ2v) is 16.0. The number of aliphatic carboxylic acids is 1. The van der Waals surface area contributed by atoms with Gasteiger partial charge in [0, 0.05) is 0 Å². The lowest BCUT2D eigenvalue weighted by Crippen LogP contribution is -2.67. The largest absolute Gasteiger partial charge is 0.508 e. The van der Waals surface area contributed by atoms with Crippen molar-refractivity contribution < 1.29 is 34.0 Å². The Kier molecular flexibility index (Phi) is 6.53. The van der Waals surface area contributed by atoms with E-state index in [4.69, 9.17) is 14.2 Å². The fourth-order valence-corrected chi connectivity index (χ4v) is 12.4. The molecule has 7 nitrogen and oxygen atoms in total. The average Bonchev–Trinajstić information content (AvgIpc) is 3.57. The van der Waals surface area contributed by atoms with Crippen molar-refractivity contribution in [2.45, 2.75) is 117 Å². The molecule has 7 heteroatoms. The average molecular weight is 561 g/mol. The van der Waals surface area contributed by atoms with E-state index in [-0.39, 0.29) is 52.8 Å². The Labute approximate surface area is 240 Å². The molecule has 5 saturated carbocycles. The lowest BCUT2D eigenvalue weighted by atomic mass is 9.32. The molecule has 0 aromatic rings. The quantitative estimate of drug-likeness (QED) is 0.294. The summed E-state index contributed by atoms with van der Waals surface area (Å²) in [4.78, 5) is 25.2. The Morgan fingerprint density at radius 2 is 1.55 bits per heavy atom. The Balaban J connectivity index is 1.34. The molecule has 6 aliphatic rings. The van der Waals surface area contributed by atoms with Gasteiger partial charge in [0.25, 0.3) is 0 Å². The summed E-state index contributed by atoms with van der Waals surface area (Å²) in [5, 5.41) is 21.8. The van der Waals surface area contributed by atoms with E-state index in [0.717, 1.165) is 57.8 Å². The molecule has 5 aliphatic carbocycles. The summed E-state index contributed by atoms with van der Waals surface area (Å²) < 4.78 is 16.6. The first kappa shape index (κ1) is 28.8. The van der Waals surface area contributed by atoms with Gasteiger partial charge < -0.3 is 24.4 Å². The zero-order chi connectivity index (χ0) is 28.9. The second-order valence-electron chi connectivity index (χ2n) is 16.0. The molecule has 0 aromatic carbocycles. The molecule has 6 rings (SSSR count). The van der Waals surface area contributed by atoms with Crippen molar-refractivity contribution in [1.29, 1.82) is 0 Å². The highest BCUT2D eigenvalue weighted by atomic mass is 16.7. The monoisotopic (exact) mass is 560 g/mol. The van der Waals surface area contributed by atoms with Crippen molar-refractivity contribution in [2.75, 3.05) is 19.8 Å². The SMILES string of the molecule is CCOC(=O)OCC1([C@@H]2CC[C@]3(C(=O)O)CC[C@]4(C)C(CC[C@@H]5[C@@]6(C)CC[C@@H](O)C(C)(C)[C@@H]6CC[C@]54C)[C@H]23)CO1. The van der Waals surface area contributed by atoms with Crippen LogP contribution in [-0.4, -0.2) is 53.9 Å². The maximum Gasteiger partial charge on any atom is 0.508 e. The zero-order valence-electron chi connectivity index (χ0n) is 25.6. The number of epoxide rings is 1. The minimum absolute atomic E-state index is 0.0185. The van der Waals surface area contributed by atoms with E-state index in [0.29, 0.717) is 30.8 Å². The lowest BCUT2D eigenvalue weighted by Gasteiger charge is -2.72. The van der Waals surface area contributed by atoms with Crippen LogP contribution in [0, 0.1) is 56.7 Å². The van der Waals surface area contributed by atoms with E-state index < -0.39 is 23.1 Å². The number of hydrogen-bond acceptors (Lipinski definition) is 6. The van der Waals surface area contributed by atoms with Gasteiger partial charge in [0.05, 0.1) is 24.7 Å². The van der Waals surface area contributed by atoms with Crippen LogP contribution in [0.4, 0.5) is 4.79 Å². The minimum atomic E-state index is -0.723. The van der Waals surface area contributed by atoms with Crippen molar-refractivity contribution in [1.82, 2.24) is 0 Å². The third kappa shape index (κ3) is 3.61. The van der Waals surface area contributed by atoms with E-state index in [1.807, 2.05) is 0 Å². The summed E-state index contributed by atoms with van der Waals surface area (Å²) in [7, 11) is 0. The highest BCUT2D eigenvalue weighted by Crippen LogP contribution is 2.78. The number of ether oxygens (including phenoxy) is 3. The van der Waals surface area contributed by atoms with Gasteiger partial charge in [-0.3, -0.25) is 4.79 Å². The molecule has 2 unspecified atom stereocenters. The molecule has 2 N–H and O–H groups in total. The number of fused-ring (bicyclic) bond motifs is 7. The van der Waals surface area contributed by atoms with E-state index in [1.165, 1.54) is 0 Å². The van der Waals surface area contributed by atoms with E-state index >= 15 is 0 Å². The number of rotatable bonds is 5. The number of carboxylic acid groups (broad SMARTS) is 1. The fraction of sp³-hybridized carbons (Fsp3) is 0.939. The molecule has 0 radical (unpaired) electrons. The van der Waals surface area contributed by atoms with Crippen molar-refractivity contribution in [3.05, 3.63) is 0 Å². The molecule has 1 saturated heterocycles. The summed E-state index contributed by atoms with van der Waals surface area (Å²) in [5.41, 5.74) is -1.04. The molecule has 0 spiro atoms. The summed E-state index contributed by atoms with van der Waals surface area (Å²) in [5.74, 6) is 0.823. The number of aliphatic hydroxyl groups excluding tert-OH is 1. The predicted octanol–water partition coefficient (Wildman–Crippen LogP) is 6.46. The summed E-state index contributed by atoms with van der Waals surface area (Å²) in [6.45, 7) is 14.8. The lowest BCUT2D eigenvalue weighted by molar-refractivity contribution is -0.250. The maximum absolute atomic E-state index is 13.1. The number of carboxylic acids is 1. The number of carbonyl (C=O) groups is 2. The molecule has 0 amide bonds. The highest BCUT2D eigenvalue weighted by Gasteiger charge is 2.74. The molecule has 1 heterocycles. The molecular weight excluding hydrogens is 508 g/mol. The summed E-state index contributed by atoms with van der Waals surface area (Å²) >= 11 is 0. The van der Waals surface area contributed by atoms with Gasteiger partial charge >= 0.3 is 12.1 Å². The molecule has 6 fully saturated rings. The van der Waals surface area contributed by atoms with Crippen LogP contribution >= 0.6 is 0 Å². The first-order valence-electron chi connectivity index (χ1n) is 16.1. The Hall–Kier alpha value is -1.34. The van der Waals surface area contributed by atoms with Crippen LogP contribution in [0.1, 0.15) is 106 Å². The smallest absolute Gasteiger partial charge is 0.481 e. The minimum Gasteiger partial charge on any atom is -0.481 e. The first-order chi connectivity index (χ1) is 18.7. The van der Waals surface area contributed by atoms with Gasteiger partial charge in [-0.15, -0.1) is 0 Å². The Morgan fingerprint density at radius 1 is 0.825 bits per heavy atom. The normalized spacial score (nSPS) is 52.4. The Morgan fingerprint density at radius 3 is 2.20 bits per heavy atom. The van der Waals surface area contributed by atoms with E-state index in [9.17, 15) is 19.8 Å². The zero-order valence-corrected chi connectivity index (χ0v) is 25.6. The van der Waals surface area contributed by atoms with Crippen molar-refractivity contribution in [2.24, 2.45) is 56.7 Å². The van der Waals surface area contributed by atoms with Crippen LogP contribution in [-0.2, 0) is 19.0 Å². The molecule has 0 bridgehead atoms. The molecular formula is C33H52O7. The van der Waals surface area contributed by atoms with Crippen LogP contribution in [0.3, 0.4) is 0 Å². The van der Waals surface area contributed by atoms with Crippen LogP contribution in [0.15, 0.2) is 0 Å². The highest BCUT2D eigenvalue weighted by molar-refractivity contribution is 5.76. The number of carbonyl (C=O) groups excluding carboxylic acids is 1. The Bertz CT molecular complexity index is 1050. The first-order valence-corrected chi connectivity index (χ1v) is 16.1. The third-order valence-electron chi connectivity index (χ3n) is 14.7. The van der Waals surface area contributed by atoms with Gasteiger partial charge in [-0.05, 0) is 122 Å². The predicted molar refractivity (Wildman–Crippen MR) is 149 cm³/mol. The van der Waals surface area contributed by atoms with Gasteiger partial charge in [0.1, 0.15) is 12.2 Å². The molecule has 0 aromatic heterocycles. The van der Waals surface area contributed by atoms with Gasteiger partial charge in [0.15, 0.2) is 0 Å².